The number of hydrogen-bond donors (Lipinski definition) is 1. The second kappa shape index (κ2) is 4.10. The summed E-state index contributed by atoms with van der Waals surface area (Å²) in [4.78, 5) is 15.7. The molecule has 0 saturated carbocycles. The van der Waals surface area contributed by atoms with E-state index in [2.05, 4.69) is 4.98 Å². The Bertz CT molecular complexity index is 526. The number of hydrogen-bond acceptors (Lipinski definition) is 3. The standard InChI is InChI=1S/C12H9FN2O/c13-10-6-8(3-4-11(10)14)12(16)9-2-1-5-15-7-9/h1-7H,14H2. The lowest BCUT2D eigenvalue weighted by Crippen LogP contribution is -2.03. The highest BCUT2D eigenvalue weighted by Gasteiger charge is 2.10. The molecule has 0 saturated heterocycles. The summed E-state index contributed by atoms with van der Waals surface area (Å²) in [7, 11) is 0. The first-order valence-corrected chi connectivity index (χ1v) is 4.68. The van der Waals surface area contributed by atoms with Crippen LogP contribution in [-0.2, 0) is 0 Å². The Morgan fingerprint density at radius 1 is 1.25 bits per heavy atom. The number of benzene rings is 1. The summed E-state index contributed by atoms with van der Waals surface area (Å²) >= 11 is 0. The maximum atomic E-state index is 13.2. The van der Waals surface area contributed by atoms with Crippen LogP contribution in [0, 0.1) is 5.82 Å². The molecule has 1 heterocycles. The number of nitrogen functional groups attached to an aromatic ring is 1. The fourth-order valence-corrected chi connectivity index (χ4v) is 1.33. The molecule has 1 aromatic heterocycles. The van der Waals surface area contributed by atoms with Gasteiger partial charge >= 0.3 is 0 Å². The summed E-state index contributed by atoms with van der Waals surface area (Å²) in [6.45, 7) is 0. The minimum absolute atomic E-state index is 0.0303. The van der Waals surface area contributed by atoms with Crippen LogP contribution in [-0.4, -0.2) is 10.8 Å². The van der Waals surface area contributed by atoms with Gasteiger partial charge in [0, 0.05) is 23.5 Å². The third-order valence-electron chi connectivity index (χ3n) is 2.19. The minimum atomic E-state index is -0.588. The molecule has 0 aliphatic rings. The van der Waals surface area contributed by atoms with Crippen molar-refractivity contribution in [1.29, 1.82) is 0 Å². The van der Waals surface area contributed by atoms with Gasteiger partial charge in [-0.15, -0.1) is 0 Å². The molecule has 0 bridgehead atoms. The molecule has 80 valence electrons. The lowest BCUT2D eigenvalue weighted by molar-refractivity contribution is 0.103. The van der Waals surface area contributed by atoms with Crippen molar-refractivity contribution in [3.8, 4) is 0 Å². The lowest BCUT2D eigenvalue weighted by Gasteiger charge is -2.02. The van der Waals surface area contributed by atoms with E-state index in [1.165, 1.54) is 18.3 Å². The van der Waals surface area contributed by atoms with E-state index in [1.807, 2.05) is 0 Å². The highest BCUT2D eigenvalue weighted by Crippen LogP contribution is 2.15. The first kappa shape index (κ1) is 10.3. The van der Waals surface area contributed by atoms with Gasteiger partial charge in [0.15, 0.2) is 5.78 Å². The fraction of sp³-hybridized carbons (Fsp3) is 0. The highest BCUT2D eigenvalue weighted by molar-refractivity contribution is 6.08. The highest BCUT2D eigenvalue weighted by atomic mass is 19.1. The van der Waals surface area contributed by atoms with Crippen molar-refractivity contribution in [2.24, 2.45) is 0 Å². The molecule has 0 fully saturated rings. The molecule has 1 aromatic carbocycles. The normalized spacial score (nSPS) is 10.1. The van der Waals surface area contributed by atoms with Gasteiger partial charge in [-0.05, 0) is 30.3 Å². The molecule has 0 unspecified atom stereocenters. The van der Waals surface area contributed by atoms with Crippen LogP contribution in [0.25, 0.3) is 0 Å². The SMILES string of the molecule is Nc1ccc(C(=O)c2cccnc2)cc1F. The molecule has 2 rings (SSSR count). The number of nitrogens with two attached hydrogens (primary N) is 1. The van der Waals surface area contributed by atoms with Crippen LogP contribution >= 0.6 is 0 Å². The van der Waals surface area contributed by atoms with Gasteiger partial charge in [0.2, 0.25) is 0 Å². The van der Waals surface area contributed by atoms with Gasteiger partial charge in [-0.25, -0.2) is 4.39 Å². The van der Waals surface area contributed by atoms with Crippen molar-refractivity contribution in [2.45, 2.75) is 0 Å². The van der Waals surface area contributed by atoms with Crippen molar-refractivity contribution in [1.82, 2.24) is 4.98 Å². The van der Waals surface area contributed by atoms with Crippen molar-refractivity contribution in [3.05, 3.63) is 59.7 Å². The molecule has 2 N–H and O–H groups in total. The molecule has 3 nitrogen and oxygen atoms in total. The maximum absolute atomic E-state index is 13.2. The van der Waals surface area contributed by atoms with Crippen molar-refractivity contribution < 1.29 is 9.18 Å². The van der Waals surface area contributed by atoms with Crippen LogP contribution in [0.1, 0.15) is 15.9 Å². The quantitative estimate of drug-likeness (QED) is 0.617. The summed E-state index contributed by atoms with van der Waals surface area (Å²) in [5.41, 5.74) is 6.05. The van der Waals surface area contributed by atoms with Gasteiger partial charge in [0.1, 0.15) is 5.82 Å². The van der Waals surface area contributed by atoms with E-state index in [9.17, 15) is 9.18 Å². The van der Waals surface area contributed by atoms with E-state index in [-0.39, 0.29) is 17.0 Å². The van der Waals surface area contributed by atoms with Gasteiger partial charge in [-0.2, -0.15) is 0 Å². The average Bonchev–Trinajstić information content (AvgIpc) is 2.33. The molecule has 0 spiro atoms. The summed E-state index contributed by atoms with van der Waals surface area (Å²) in [5.74, 6) is -0.859. The van der Waals surface area contributed by atoms with Crippen LogP contribution in [0.3, 0.4) is 0 Å². The van der Waals surface area contributed by atoms with Gasteiger partial charge in [-0.3, -0.25) is 9.78 Å². The zero-order chi connectivity index (χ0) is 11.5. The van der Waals surface area contributed by atoms with Gasteiger partial charge in [-0.1, -0.05) is 0 Å². The maximum Gasteiger partial charge on any atom is 0.194 e. The smallest absolute Gasteiger partial charge is 0.194 e. The second-order valence-corrected chi connectivity index (χ2v) is 3.31. The number of carbonyl (C=O) groups is 1. The Hall–Kier alpha value is -2.23. The summed E-state index contributed by atoms with van der Waals surface area (Å²) in [5, 5.41) is 0. The Balaban J connectivity index is 2.39. The molecule has 0 radical (unpaired) electrons. The molecule has 0 atom stereocenters. The van der Waals surface area contributed by atoms with Crippen LogP contribution < -0.4 is 5.73 Å². The third kappa shape index (κ3) is 1.91. The predicted octanol–water partition coefficient (Wildman–Crippen LogP) is 2.03. The number of carbonyl (C=O) groups excluding carboxylic acids is 1. The topological polar surface area (TPSA) is 56.0 Å². The molecule has 0 amide bonds. The monoisotopic (exact) mass is 216 g/mol. The zero-order valence-electron chi connectivity index (χ0n) is 8.35. The summed E-state index contributed by atoms with van der Waals surface area (Å²) in [6.07, 6.45) is 3.01. The Kier molecular flexibility index (Phi) is 2.64. The molecule has 0 aliphatic carbocycles. The van der Waals surface area contributed by atoms with Crippen molar-refractivity contribution >= 4 is 11.5 Å². The third-order valence-corrected chi connectivity index (χ3v) is 2.19. The first-order valence-electron chi connectivity index (χ1n) is 4.68. The number of nitrogens with zero attached hydrogens (tertiary/aromatic N) is 1. The van der Waals surface area contributed by atoms with Gasteiger partial charge in [0.05, 0.1) is 5.69 Å². The van der Waals surface area contributed by atoms with E-state index >= 15 is 0 Å². The number of aromatic nitrogens is 1. The molecule has 4 heteroatoms. The molecule has 2 aromatic rings. The molecule has 16 heavy (non-hydrogen) atoms. The zero-order valence-corrected chi connectivity index (χ0v) is 8.35. The van der Waals surface area contributed by atoms with E-state index in [4.69, 9.17) is 5.73 Å². The van der Waals surface area contributed by atoms with E-state index in [0.29, 0.717) is 5.56 Å². The Labute approximate surface area is 91.7 Å². The number of anilines is 1. The predicted molar refractivity (Wildman–Crippen MR) is 58.5 cm³/mol. The summed E-state index contributed by atoms with van der Waals surface area (Å²) in [6, 6.07) is 7.28. The number of ketones is 1. The van der Waals surface area contributed by atoms with Crippen LogP contribution in [0.2, 0.25) is 0 Å². The van der Waals surface area contributed by atoms with Crippen LogP contribution in [0.5, 0.6) is 0 Å². The molecular weight excluding hydrogens is 207 g/mol. The Morgan fingerprint density at radius 2 is 2.06 bits per heavy atom. The fourth-order valence-electron chi connectivity index (χ4n) is 1.33. The van der Waals surface area contributed by atoms with Crippen molar-refractivity contribution in [2.75, 3.05) is 5.73 Å². The van der Waals surface area contributed by atoms with Gasteiger partial charge in [0.25, 0.3) is 0 Å². The van der Waals surface area contributed by atoms with E-state index in [0.717, 1.165) is 6.07 Å². The van der Waals surface area contributed by atoms with Crippen LogP contribution in [0.4, 0.5) is 10.1 Å². The Morgan fingerprint density at radius 3 is 2.69 bits per heavy atom. The largest absolute Gasteiger partial charge is 0.396 e. The summed E-state index contributed by atoms with van der Waals surface area (Å²) < 4.78 is 13.2. The van der Waals surface area contributed by atoms with Crippen LogP contribution in [0.15, 0.2) is 42.7 Å². The second-order valence-electron chi connectivity index (χ2n) is 3.31. The van der Waals surface area contributed by atoms with Gasteiger partial charge < -0.3 is 5.73 Å². The number of halogens is 1. The minimum Gasteiger partial charge on any atom is -0.396 e. The van der Waals surface area contributed by atoms with Crippen molar-refractivity contribution in [3.63, 3.8) is 0 Å². The van der Waals surface area contributed by atoms with E-state index < -0.39 is 5.82 Å². The first-order chi connectivity index (χ1) is 7.68. The lowest BCUT2D eigenvalue weighted by atomic mass is 10.0. The number of rotatable bonds is 2. The molecular formula is C12H9FN2O. The number of pyridine rings is 1. The van der Waals surface area contributed by atoms with E-state index in [1.54, 1.807) is 18.3 Å². The average molecular weight is 216 g/mol. The molecule has 0 aliphatic heterocycles.